The van der Waals surface area contributed by atoms with Gasteiger partial charge in [0.1, 0.15) is 0 Å². The Kier molecular flexibility index (Phi) is 6.06. The fourth-order valence-corrected chi connectivity index (χ4v) is 3.35. The van der Waals surface area contributed by atoms with Crippen LogP contribution in [0.2, 0.25) is 0 Å². The van der Waals surface area contributed by atoms with Crippen molar-refractivity contribution >= 4 is 11.6 Å². The average molecular weight is 397 g/mol. The van der Waals surface area contributed by atoms with Crippen LogP contribution < -0.4 is 5.32 Å². The highest BCUT2D eigenvalue weighted by Gasteiger charge is 2.30. The Morgan fingerprint density at radius 1 is 0.862 bits per heavy atom. The highest BCUT2D eigenvalue weighted by atomic mass is 19.4. The van der Waals surface area contributed by atoms with Crippen molar-refractivity contribution < 1.29 is 18.0 Å². The van der Waals surface area contributed by atoms with Crippen LogP contribution in [0.15, 0.2) is 66.7 Å². The van der Waals surface area contributed by atoms with Gasteiger partial charge in [-0.15, -0.1) is 0 Å². The van der Waals surface area contributed by atoms with E-state index in [9.17, 15) is 18.0 Å². The van der Waals surface area contributed by atoms with Crippen LogP contribution in [0.1, 0.15) is 40.9 Å². The van der Waals surface area contributed by atoms with Gasteiger partial charge in [-0.25, -0.2) is 0 Å². The predicted octanol–water partition coefficient (Wildman–Crippen LogP) is 6.75. The third kappa shape index (κ3) is 4.67. The fraction of sp³-hybridized carbons (Fsp3) is 0.208. The van der Waals surface area contributed by atoms with Gasteiger partial charge in [-0.05, 0) is 65.4 Å². The van der Waals surface area contributed by atoms with Crippen LogP contribution in [0.5, 0.6) is 0 Å². The first-order chi connectivity index (χ1) is 13.8. The lowest BCUT2D eigenvalue weighted by molar-refractivity contribution is -0.137. The first-order valence-corrected chi connectivity index (χ1v) is 9.53. The van der Waals surface area contributed by atoms with Crippen molar-refractivity contribution in [3.05, 3.63) is 89.0 Å². The average Bonchev–Trinajstić information content (AvgIpc) is 2.73. The van der Waals surface area contributed by atoms with Gasteiger partial charge in [0.05, 0.1) is 5.56 Å². The molecule has 0 saturated heterocycles. The maximum atomic E-state index is 12.9. The Labute approximate surface area is 168 Å². The number of nitrogens with one attached hydrogen (secondary N) is 1. The summed E-state index contributed by atoms with van der Waals surface area (Å²) in [5.74, 6) is -0.299. The molecule has 1 amide bonds. The first-order valence-electron chi connectivity index (χ1n) is 9.53. The second-order valence-electron chi connectivity index (χ2n) is 6.77. The summed E-state index contributed by atoms with van der Waals surface area (Å²) in [4.78, 5) is 12.9. The van der Waals surface area contributed by atoms with E-state index < -0.39 is 11.7 Å². The van der Waals surface area contributed by atoms with Gasteiger partial charge >= 0.3 is 6.18 Å². The Morgan fingerprint density at radius 2 is 1.52 bits per heavy atom. The van der Waals surface area contributed by atoms with E-state index in [2.05, 4.69) is 19.2 Å². The quantitative estimate of drug-likeness (QED) is 0.507. The van der Waals surface area contributed by atoms with Crippen molar-refractivity contribution in [2.45, 2.75) is 32.9 Å². The zero-order valence-electron chi connectivity index (χ0n) is 16.3. The van der Waals surface area contributed by atoms with E-state index in [0.29, 0.717) is 22.4 Å². The second-order valence-corrected chi connectivity index (χ2v) is 6.77. The molecule has 3 aromatic carbocycles. The Balaban J connectivity index is 1.90. The summed E-state index contributed by atoms with van der Waals surface area (Å²) < 4.78 is 38.5. The smallest absolute Gasteiger partial charge is 0.322 e. The predicted molar refractivity (Wildman–Crippen MR) is 110 cm³/mol. The summed E-state index contributed by atoms with van der Waals surface area (Å²) in [6, 6.07) is 17.6. The Hall–Kier alpha value is -3.08. The van der Waals surface area contributed by atoms with Crippen molar-refractivity contribution in [1.29, 1.82) is 0 Å². The number of benzene rings is 3. The standard InChI is InChI=1S/C24H22F3NO/c1-3-16-11-14-20(15-17(16)4-2)28-23(29)22-8-6-5-7-21(22)18-9-12-19(13-10-18)24(25,26)27/h5-15H,3-4H2,1-2H3,(H,28,29). The largest absolute Gasteiger partial charge is 0.416 e. The molecule has 1 N–H and O–H groups in total. The van der Waals surface area contributed by atoms with Gasteiger partial charge in [0.2, 0.25) is 0 Å². The van der Waals surface area contributed by atoms with Crippen LogP contribution >= 0.6 is 0 Å². The number of alkyl halides is 3. The molecule has 0 aromatic heterocycles. The minimum atomic E-state index is -4.39. The molecule has 0 spiro atoms. The molecule has 0 heterocycles. The Bertz CT molecular complexity index is 1010. The molecule has 3 rings (SSSR count). The molecule has 0 fully saturated rings. The highest BCUT2D eigenvalue weighted by Crippen LogP contribution is 2.32. The second kappa shape index (κ2) is 8.52. The maximum absolute atomic E-state index is 12.9. The van der Waals surface area contributed by atoms with E-state index >= 15 is 0 Å². The van der Waals surface area contributed by atoms with E-state index in [4.69, 9.17) is 0 Å². The van der Waals surface area contributed by atoms with E-state index in [-0.39, 0.29) is 5.91 Å². The molecule has 0 atom stereocenters. The Morgan fingerprint density at radius 3 is 2.14 bits per heavy atom. The van der Waals surface area contributed by atoms with Crippen LogP contribution in [0.4, 0.5) is 18.9 Å². The van der Waals surface area contributed by atoms with Crippen LogP contribution in [-0.2, 0) is 19.0 Å². The molecule has 0 bridgehead atoms. The van der Waals surface area contributed by atoms with E-state index in [0.717, 1.165) is 25.0 Å². The number of carbonyl (C=O) groups excluding carboxylic acids is 1. The number of hydrogen-bond acceptors (Lipinski definition) is 1. The van der Waals surface area contributed by atoms with Gasteiger partial charge < -0.3 is 5.32 Å². The van der Waals surface area contributed by atoms with Crippen molar-refractivity contribution in [2.24, 2.45) is 0 Å². The topological polar surface area (TPSA) is 29.1 Å². The molecular formula is C24H22F3NO. The molecule has 0 aliphatic carbocycles. The van der Waals surface area contributed by atoms with Gasteiger partial charge in [-0.3, -0.25) is 4.79 Å². The molecule has 29 heavy (non-hydrogen) atoms. The molecule has 0 aliphatic rings. The molecule has 0 unspecified atom stereocenters. The summed E-state index contributed by atoms with van der Waals surface area (Å²) in [6.45, 7) is 4.16. The SMILES string of the molecule is CCc1ccc(NC(=O)c2ccccc2-c2ccc(C(F)(F)F)cc2)cc1CC. The number of anilines is 1. The molecular weight excluding hydrogens is 375 g/mol. The normalized spacial score (nSPS) is 11.3. The van der Waals surface area contributed by atoms with Gasteiger partial charge in [-0.2, -0.15) is 13.2 Å². The van der Waals surface area contributed by atoms with Crippen molar-refractivity contribution in [1.82, 2.24) is 0 Å². The minimum absolute atomic E-state index is 0.299. The van der Waals surface area contributed by atoms with Crippen LogP contribution in [0, 0.1) is 0 Å². The van der Waals surface area contributed by atoms with Gasteiger partial charge in [0.15, 0.2) is 0 Å². The first kappa shape index (κ1) is 20.6. The van der Waals surface area contributed by atoms with Gasteiger partial charge in [0.25, 0.3) is 5.91 Å². The van der Waals surface area contributed by atoms with Crippen molar-refractivity contribution in [3.8, 4) is 11.1 Å². The summed E-state index contributed by atoms with van der Waals surface area (Å²) in [7, 11) is 0. The zero-order valence-corrected chi connectivity index (χ0v) is 16.3. The summed E-state index contributed by atoms with van der Waals surface area (Å²) in [5, 5.41) is 2.91. The van der Waals surface area contributed by atoms with E-state index in [1.807, 2.05) is 18.2 Å². The van der Waals surface area contributed by atoms with Gasteiger partial charge in [-0.1, -0.05) is 50.2 Å². The molecule has 2 nitrogen and oxygen atoms in total. The summed E-state index contributed by atoms with van der Waals surface area (Å²) in [5.41, 5.74) is 3.96. The molecule has 0 radical (unpaired) electrons. The van der Waals surface area contributed by atoms with Gasteiger partial charge in [0, 0.05) is 11.3 Å². The molecule has 150 valence electrons. The number of rotatable bonds is 5. The molecule has 0 saturated carbocycles. The monoisotopic (exact) mass is 397 g/mol. The zero-order chi connectivity index (χ0) is 21.0. The lowest BCUT2D eigenvalue weighted by Gasteiger charge is -2.13. The number of halogens is 3. The third-order valence-corrected chi connectivity index (χ3v) is 4.92. The van der Waals surface area contributed by atoms with Crippen molar-refractivity contribution in [3.63, 3.8) is 0 Å². The number of hydrogen-bond donors (Lipinski definition) is 1. The molecule has 3 aromatic rings. The lowest BCUT2D eigenvalue weighted by atomic mass is 9.97. The van der Waals surface area contributed by atoms with Crippen LogP contribution in [-0.4, -0.2) is 5.91 Å². The number of aryl methyl sites for hydroxylation is 2. The van der Waals surface area contributed by atoms with E-state index in [1.165, 1.54) is 23.3 Å². The van der Waals surface area contributed by atoms with E-state index in [1.54, 1.807) is 24.3 Å². The molecule has 0 aliphatic heterocycles. The summed E-state index contributed by atoms with van der Waals surface area (Å²) in [6.07, 6.45) is -2.60. The van der Waals surface area contributed by atoms with Crippen LogP contribution in [0.25, 0.3) is 11.1 Å². The number of amides is 1. The van der Waals surface area contributed by atoms with Crippen LogP contribution in [0.3, 0.4) is 0 Å². The lowest BCUT2D eigenvalue weighted by Crippen LogP contribution is -2.13. The third-order valence-electron chi connectivity index (χ3n) is 4.92. The molecule has 5 heteroatoms. The number of carbonyl (C=O) groups is 1. The highest BCUT2D eigenvalue weighted by molar-refractivity contribution is 6.08. The summed E-state index contributed by atoms with van der Waals surface area (Å²) >= 11 is 0. The minimum Gasteiger partial charge on any atom is -0.322 e. The maximum Gasteiger partial charge on any atom is 0.416 e. The fourth-order valence-electron chi connectivity index (χ4n) is 3.35. The van der Waals surface area contributed by atoms with Crippen molar-refractivity contribution in [2.75, 3.05) is 5.32 Å².